The van der Waals surface area contributed by atoms with Gasteiger partial charge in [0.2, 0.25) is 5.82 Å². The predicted molar refractivity (Wildman–Crippen MR) is 64.2 cm³/mol. The van der Waals surface area contributed by atoms with E-state index < -0.39 is 0 Å². The van der Waals surface area contributed by atoms with Crippen molar-refractivity contribution in [1.29, 1.82) is 0 Å². The molecule has 1 saturated heterocycles. The van der Waals surface area contributed by atoms with Gasteiger partial charge in [-0.1, -0.05) is 0 Å². The first kappa shape index (κ1) is 11.8. The maximum absolute atomic E-state index is 10.9. The van der Waals surface area contributed by atoms with Gasteiger partial charge in [0, 0.05) is 26.7 Å². The zero-order chi connectivity index (χ0) is 12.4. The SMILES string of the molecule is CN(CC1CCCN1)c1nn(C)cc1[N+](=O)[O-]. The lowest BCUT2D eigenvalue weighted by Crippen LogP contribution is -2.35. The Balaban J connectivity index is 2.11. The molecule has 1 fully saturated rings. The molecule has 0 amide bonds. The number of hydrogen-bond donors (Lipinski definition) is 1. The number of rotatable bonds is 4. The molecule has 0 aliphatic carbocycles. The van der Waals surface area contributed by atoms with E-state index in [2.05, 4.69) is 10.4 Å². The van der Waals surface area contributed by atoms with Crippen LogP contribution in [-0.2, 0) is 7.05 Å². The molecule has 0 radical (unpaired) electrons. The van der Waals surface area contributed by atoms with Crippen LogP contribution in [0.5, 0.6) is 0 Å². The molecule has 0 bridgehead atoms. The van der Waals surface area contributed by atoms with Gasteiger partial charge >= 0.3 is 5.69 Å². The lowest BCUT2D eigenvalue weighted by molar-refractivity contribution is -0.384. The molecule has 1 unspecified atom stereocenters. The van der Waals surface area contributed by atoms with Crippen molar-refractivity contribution < 1.29 is 4.92 Å². The number of aryl methyl sites for hydroxylation is 1. The highest BCUT2D eigenvalue weighted by Crippen LogP contribution is 2.25. The third kappa shape index (κ3) is 2.55. The second-order valence-corrected chi connectivity index (χ2v) is 4.44. The molecule has 17 heavy (non-hydrogen) atoms. The highest BCUT2D eigenvalue weighted by atomic mass is 16.6. The van der Waals surface area contributed by atoms with Gasteiger partial charge in [-0.2, -0.15) is 0 Å². The first-order chi connectivity index (χ1) is 8.08. The Morgan fingerprint density at radius 3 is 3.12 bits per heavy atom. The van der Waals surface area contributed by atoms with Crippen molar-refractivity contribution in [3.63, 3.8) is 0 Å². The largest absolute Gasteiger partial charge is 0.351 e. The molecule has 1 aliphatic heterocycles. The van der Waals surface area contributed by atoms with Gasteiger partial charge in [0.15, 0.2) is 0 Å². The zero-order valence-electron chi connectivity index (χ0n) is 10.1. The number of likely N-dealkylation sites (N-methyl/N-ethyl adjacent to an activating group) is 1. The van der Waals surface area contributed by atoms with E-state index >= 15 is 0 Å². The summed E-state index contributed by atoms with van der Waals surface area (Å²) < 4.78 is 1.48. The molecular weight excluding hydrogens is 222 g/mol. The average molecular weight is 239 g/mol. The molecule has 1 atom stereocenters. The monoisotopic (exact) mass is 239 g/mol. The topological polar surface area (TPSA) is 76.2 Å². The zero-order valence-corrected chi connectivity index (χ0v) is 10.1. The molecule has 1 aliphatic rings. The maximum Gasteiger partial charge on any atom is 0.330 e. The van der Waals surface area contributed by atoms with E-state index in [9.17, 15) is 10.1 Å². The fraction of sp³-hybridized carbons (Fsp3) is 0.700. The van der Waals surface area contributed by atoms with E-state index in [1.165, 1.54) is 17.3 Å². The lowest BCUT2D eigenvalue weighted by Gasteiger charge is -2.20. The molecule has 2 rings (SSSR count). The van der Waals surface area contributed by atoms with Crippen LogP contribution >= 0.6 is 0 Å². The summed E-state index contributed by atoms with van der Waals surface area (Å²) in [5.74, 6) is 0.436. The predicted octanol–water partition coefficient (Wildman–Crippen LogP) is 0.516. The van der Waals surface area contributed by atoms with Gasteiger partial charge in [0.25, 0.3) is 0 Å². The van der Waals surface area contributed by atoms with Gasteiger partial charge in [-0.3, -0.25) is 14.8 Å². The summed E-state index contributed by atoms with van der Waals surface area (Å²) in [6.45, 7) is 1.78. The van der Waals surface area contributed by atoms with E-state index in [1.807, 2.05) is 11.9 Å². The second kappa shape index (κ2) is 4.70. The number of nitrogens with one attached hydrogen (secondary N) is 1. The van der Waals surface area contributed by atoms with Crippen molar-refractivity contribution >= 4 is 11.5 Å². The minimum absolute atomic E-state index is 0.0630. The average Bonchev–Trinajstić information content (AvgIpc) is 2.86. The number of nitrogens with zero attached hydrogens (tertiary/aromatic N) is 4. The van der Waals surface area contributed by atoms with Crippen LogP contribution in [0, 0.1) is 10.1 Å². The van der Waals surface area contributed by atoms with Crippen LogP contribution < -0.4 is 10.2 Å². The van der Waals surface area contributed by atoms with Crippen molar-refractivity contribution in [2.75, 3.05) is 25.0 Å². The molecule has 2 heterocycles. The molecular formula is C10H17N5O2. The highest BCUT2D eigenvalue weighted by Gasteiger charge is 2.24. The summed E-state index contributed by atoms with van der Waals surface area (Å²) in [4.78, 5) is 12.3. The van der Waals surface area contributed by atoms with E-state index in [0.717, 1.165) is 19.5 Å². The van der Waals surface area contributed by atoms with E-state index in [-0.39, 0.29) is 10.6 Å². The number of nitro groups is 1. The van der Waals surface area contributed by atoms with Crippen LogP contribution in [0.2, 0.25) is 0 Å². The lowest BCUT2D eigenvalue weighted by atomic mass is 10.2. The standard InChI is InChI=1S/C10H17N5O2/c1-13(6-8-4-3-5-11-8)10-9(15(16)17)7-14(2)12-10/h7-8,11H,3-6H2,1-2H3. The van der Waals surface area contributed by atoms with Crippen LogP contribution in [-0.4, -0.2) is 40.9 Å². The Bertz CT molecular complexity index is 411. The second-order valence-electron chi connectivity index (χ2n) is 4.44. The van der Waals surface area contributed by atoms with Gasteiger partial charge in [0.05, 0.1) is 4.92 Å². The van der Waals surface area contributed by atoms with Gasteiger partial charge in [-0.25, -0.2) is 0 Å². The van der Waals surface area contributed by atoms with Crippen LogP contribution in [0.25, 0.3) is 0 Å². The summed E-state index contributed by atoms with van der Waals surface area (Å²) >= 11 is 0. The van der Waals surface area contributed by atoms with Gasteiger partial charge in [-0.05, 0) is 19.4 Å². The molecule has 0 spiro atoms. The Labute approximate surface area is 99.6 Å². The third-order valence-electron chi connectivity index (χ3n) is 3.01. The van der Waals surface area contributed by atoms with Gasteiger partial charge in [0.1, 0.15) is 6.20 Å². The number of aromatic nitrogens is 2. The fourth-order valence-corrected chi connectivity index (χ4v) is 2.19. The van der Waals surface area contributed by atoms with Gasteiger partial charge in [-0.15, -0.1) is 5.10 Å². The summed E-state index contributed by atoms with van der Waals surface area (Å²) in [6, 6.07) is 0.404. The van der Waals surface area contributed by atoms with Gasteiger partial charge < -0.3 is 10.2 Å². The molecule has 7 heteroatoms. The van der Waals surface area contributed by atoms with Crippen molar-refractivity contribution in [1.82, 2.24) is 15.1 Å². The Morgan fingerprint density at radius 2 is 2.53 bits per heavy atom. The van der Waals surface area contributed by atoms with E-state index in [4.69, 9.17) is 0 Å². The first-order valence-electron chi connectivity index (χ1n) is 5.70. The van der Waals surface area contributed by atoms with Crippen LogP contribution in [0.15, 0.2) is 6.20 Å². The summed E-state index contributed by atoms with van der Waals surface area (Å²) in [5.41, 5.74) is 0.0630. The fourth-order valence-electron chi connectivity index (χ4n) is 2.19. The Hall–Kier alpha value is -1.63. The first-order valence-corrected chi connectivity index (χ1v) is 5.70. The molecule has 7 nitrogen and oxygen atoms in total. The molecule has 0 aromatic carbocycles. The van der Waals surface area contributed by atoms with Crippen molar-refractivity contribution in [3.05, 3.63) is 16.3 Å². The van der Waals surface area contributed by atoms with Crippen molar-refractivity contribution in [2.45, 2.75) is 18.9 Å². The quantitative estimate of drug-likeness (QED) is 0.612. The van der Waals surface area contributed by atoms with Crippen LogP contribution in [0.3, 0.4) is 0 Å². The van der Waals surface area contributed by atoms with E-state index in [1.54, 1.807) is 7.05 Å². The Kier molecular flexibility index (Phi) is 3.28. The van der Waals surface area contributed by atoms with Crippen molar-refractivity contribution in [3.8, 4) is 0 Å². The van der Waals surface area contributed by atoms with Crippen molar-refractivity contribution in [2.24, 2.45) is 7.05 Å². The van der Waals surface area contributed by atoms with Crippen LogP contribution in [0.1, 0.15) is 12.8 Å². The minimum Gasteiger partial charge on any atom is -0.351 e. The third-order valence-corrected chi connectivity index (χ3v) is 3.01. The summed E-state index contributed by atoms with van der Waals surface area (Å²) in [6.07, 6.45) is 3.72. The number of hydrogen-bond acceptors (Lipinski definition) is 5. The Morgan fingerprint density at radius 1 is 1.76 bits per heavy atom. The van der Waals surface area contributed by atoms with E-state index in [0.29, 0.717) is 11.9 Å². The molecule has 1 aromatic rings. The molecule has 1 aromatic heterocycles. The minimum atomic E-state index is -0.388. The molecule has 94 valence electrons. The maximum atomic E-state index is 10.9. The molecule has 0 saturated carbocycles. The molecule has 1 N–H and O–H groups in total. The highest BCUT2D eigenvalue weighted by molar-refractivity contribution is 5.56. The van der Waals surface area contributed by atoms with Crippen LogP contribution in [0.4, 0.5) is 11.5 Å². The summed E-state index contributed by atoms with van der Waals surface area (Å²) in [7, 11) is 3.54. The summed E-state index contributed by atoms with van der Waals surface area (Å²) in [5, 5.41) is 18.4. The number of anilines is 1. The normalized spacial score (nSPS) is 19.5. The smallest absolute Gasteiger partial charge is 0.330 e.